The predicted molar refractivity (Wildman–Crippen MR) is 560 cm³/mol. The van der Waals surface area contributed by atoms with E-state index in [4.69, 9.17) is 49.1 Å². The number of hydrogen-bond donors (Lipinski definition) is 0. The summed E-state index contributed by atoms with van der Waals surface area (Å²) in [6.07, 6.45) is 5.89. The van der Waals surface area contributed by atoms with Crippen LogP contribution in [0, 0.1) is 26.2 Å². The minimum Gasteiger partial charge on any atom is -0.493 e. The fourth-order valence-corrected chi connectivity index (χ4v) is 20.4. The van der Waals surface area contributed by atoms with Crippen LogP contribution in [-0.4, -0.2) is 255 Å². The average molecular weight is 1970 g/mol. The van der Waals surface area contributed by atoms with Gasteiger partial charge < -0.3 is 62.2 Å². The molecule has 0 bridgehead atoms. The number of benzene rings is 12. The average Bonchev–Trinajstić information content (AvgIpc) is 1.62. The van der Waals surface area contributed by atoms with Crippen molar-refractivity contribution in [2.45, 2.75) is 65.7 Å². The van der Waals surface area contributed by atoms with Crippen LogP contribution in [0.2, 0.25) is 0 Å². The lowest BCUT2D eigenvalue weighted by atomic mass is 10.0. The zero-order valence-electron chi connectivity index (χ0n) is 84.4. The highest BCUT2D eigenvalue weighted by molar-refractivity contribution is 6.26. The molecule has 1 atom stereocenters. The van der Waals surface area contributed by atoms with Crippen molar-refractivity contribution in [2.24, 2.45) is 0 Å². The Hall–Kier alpha value is -16.0. The molecule has 8 aliphatic rings. The Kier molecular flexibility index (Phi) is 32.1. The van der Waals surface area contributed by atoms with Gasteiger partial charge in [0, 0.05) is 124 Å². The third-order valence-corrected chi connectivity index (χ3v) is 28.2. The number of imide groups is 4. The Bertz CT molecular complexity index is 6860. The van der Waals surface area contributed by atoms with E-state index in [1.165, 1.54) is 68.7 Å². The van der Waals surface area contributed by atoms with Crippen LogP contribution in [0.3, 0.4) is 0 Å². The first-order chi connectivity index (χ1) is 71.1. The van der Waals surface area contributed by atoms with Gasteiger partial charge in [-0.1, -0.05) is 163 Å². The lowest BCUT2D eigenvalue weighted by Gasteiger charge is -2.39. The number of methoxy groups -OCH3 is 9. The number of carbonyl (C=O) groups is 8. The molecule has 20 rings (SSSR count). The van der Waals surface area contributed by atoms with E-state index >= 15 is 0 Å². The molecule has 8 amide bonds. The number of nitrogens with zero attached hydrogens (tertiary/aromatic N) is 12. The number of hydrogen-bond acceptors (Lipinski definition) is 25. The standard InChI is InChI=1S/C30H29N3O4.C29H31N3O5.2C29H31N3O4/c1-4-24(22-9-6-5-7-10-22)31-15-17-32(18-16-31)25-12-8-11-23-28(25)30(35)33(29(23)34)20-21-13-14-26(36-2)27(19-21)37-3;1-35-24-16-21(17-25(36-2)27(24)37-3)19-32-28(33)22-10-7-11-23(26(22)29(32)34)31-14-12-30(13-15-31)18-20-8-5-4-6-9-20;1-20-6-4-7-21(16-20)18-30-12-14-31(15-13-30)24-9-5-8-23-27(24)29(34)32(28(23)33)19-22-10-11-25(35-2)26(17-22)36-3;1-20-7-4-5-8-22(20)19-30-13-15-31(16-14-30)24-10-6-9-23-27(24)29(34)32(28(23)33)18-21-11-12-25(35-2)26(17-21)36-3/h1,5-14,19,24H,15-18,20H2,2-3H3;4-11,16-17H,12-15,18-19H2,1-3H3;4-11,16-17H,12-15,18-19H2,1-3H3;4-12,17H,13-16,18-19H2,1-3H3. The quantitative estimate of drug-likeness (QED) is 0.0312. The van der Waals surface area contributed by atoms with E-state index in [0.717, 1.165) is 156 Å². The highest BCUT2D eigenvalue weighted by Gasteiger charge is 2.45. The van der Waals surface area contributed by atoms with Gasteiger partial charge in [-0.25, -0.2) is 0 Å². The lowest BCUT2D eigenvalue weighted by molar-refractivity contribution is 0.0627. The van der Waals surface area contributed by atoms with Crippen LogP contribution < -0.4 is 62.2 Å². The van der Waals surface area contributed by atoms with Crippen LogP contribution in [0.5, 0.6) is 51.7 Å². The Morgan fingerprint density at radius 2 is 0.562 bits per heavy atom. The first-order valence-electron chi connectivity index (χ1n) is 49.0. The van der Waals surface area contributed by atoms with E-state index in [-0.39, 0.29) is 79.5 Å². The Morgan fingerprint density at radius 1 is 0.260 bits per heavy atom. The normalized spacial score (nSPS) is 15.9. The van der Waals surface area contributed by atoms with Crippen molar-refractivity contribution in [1.29, 1.82) is 0 Å². The molecule has 0 aromatic heterocycles. The largest absolute Gasteiger partial charge is 0.493 e. The molecule has 752 valence electrons. The second-order valence-electron chi connectivity index (χ2n) is 36.9. The van der Waals surface area contributed by atoms with Gasteiger partial charge in [0.25, 0.3) is 47.3 Å². The van der Waals surface area contributed by atoms with Gasteiger partial charge in [0.2, 0.25) is 5.75 Å². The molecule has 1 unspecified atom stereocenters. The Morgan fingerprint density at radius 3 is 0.904 bits per heavy atom. The van der Waals surface area contributed by atoms with E-state index in [2.05, 4.69) is 144 Å². The van der Waals surface area contributed by atoms with Crippen LogP contribution >= 0.6 is 0 Å². The van der Waals surface area contributed by atoms with Gasteiger partial charge in [-0.15, -0.1) is 6.42 Å². The monoisotopic (exact) mass is 1970 g/mol. The number of carbonyl (C=O) groups excluding carboxylic acids is 8. The second kappa shape index (κ2) is 46.2. The molecule has 0 saturated carbocycles. The topological polar surface area (TPSA) is 259 Å². The van der Waals surface area contributed by atoms with Crippen molar-refractivity contribution in [3.8, 4) is 64.1 Å². The smallest absolute Gasteiger partial charge is 0.263 e. The number of fused-ring (bicyclic) bond motifs is 4. The molecule has 0 spiro atoms. The number of aryl methyl sites for hydroxylation is 2. The number of amides is 8. The third-order valence-electron chi connectivity index (χ3n) is 28.2. The van der Waals surface area contributed by atoms with Crippen molar-refractivity contribution < 1.29 is 81.0 Å². The fraction of sp³-hybridized carbons (Fsp3) is 0.299. The molecule has 0 radical (unpaired) electrons. The van der Waals surface area contributed by atoms with Gasteiger partial charge in [0.15, 0.2) is 46.0 Å². The van der Waals surface area contributed by atoms with Gasteiger partial charge in [0.1, 0.15) is 0 Å². The molecule has 4 saturated heterocycles. The van der Waals surface area contributed by atoms with E-state index in [1.54, 1.807) is 115 Å². The van der Waals surface area contributed by atoms with E-state index in [0.29, 0.717) is 115 Å². The molecule has 8 heterocycles. The summed E-state index contributed by atoms with van der Waals surface area (Å²) in [5, 5.41) is 0. The number of terminal acetylenes is 1. The molecule has 8 aliphatic heterocycles. The lowest BCUT2D eigenvalue weighted by Crippen LogP contribution is -2.47. The summed E-state index contributed by atoms with van der Waals surface area (Å²) in [6, 6.07) is 79.5. The molecule has 12 aromatic carbocycles. The number of piperazine rings is 4. The SMILES string of the molecule is C#CC(c1ccccc1)N1CCN(c2cccc3c2C(=O)N(Cc2ccc(OC)c(OC)c2)C3=O)CC1.COc1cc(CN2C(=O)c3cccc(N4CCN(Cc5ccccc5)CC4)c3C2=O)cc(OC)c1OC.COc1ccc(CN2C(=O)c3cccc(N4CCN(Cc5cccc(C)c5)CC4)c3C2=O)cc1OC.COc1ccc(CN2C(=O)c3cccc(N4CCN(Cc5ccccc5C)CC4)c3C2=O)cc1OC. The predicted octanol–water partition coefficient (Wildman–Crippen LogP) is 16.1. The first-order valence-corrected chi connectivity index (χ1v) is 49.0. The summed E-state index contributed by atoms with van der Waals surface area (Å²) < 4.78 is 48.3. The maximum absolute atomic E-state index is 13.6. The molecule has 4 fully saturated rings. The third kappa shape index (κ3) is 21.8. The van der Waals surface area contributed by atoms with Crippen LogP contribution in [0.15, 0.2) is 249 Å². The van der Waals surface area contributed by atoms with Crippen molar-refractivity contribution >= 4 is 70.0 Å². The zero-order valence-corrected chi connectivity index (χ0v) is 84.4. The van der Waals surface area contributed by atoms with Crippen molar-refractivity contribution in [3.63, 3.8) is 0 Å². The summed E-state index contributed by atoms with van der Waals surface area (Å²) in [6.45, 7) is 20.7. The van der Waals surface area contributed by atoms with Crippen molar-refractivity contribution in [2.75, 3.05) is 188 Å². The Balaban J connectivity index is 0.000000133. The number of anilines is 4. The number of rotatable bonds is 29. The summed E-state index contributed by atoms with van der Waals surface area (Å²) >= 11 is 0. The summed E-state index contributed by atoms with van der Waals surface area (Å²) in [4.78, 5) is 131. The van der Waals surface area contributed by atoms with Gasteiger partial charge in [-0.2, -0.15) is 0 Å². The van der Waals surface area contributed by atoms with Gasteiger partial charge >= 0.3 is 0 Å². The fourth-order valence-electron chi connectivity index (χ4n) is 20.4. The van der Waals surface area contributed by atoms with Crippen LogP contribution in [0.25, 0.3) is 0 Å². The van der Waals surface area contributed by atoms with E-state index in [9.17, 15) is 38.4 Å². The van der Waals surface area contributed by atoms with Crippen molar-refractivity contribution in [3.05, 3.63) is 349 Å². The van der Waals surface area contributed by atoms with Crippen LogP contribution in [0.4, 0.5) is 22.7 Å². The van der Waals surface area contributed by atoms with Crippen LogP contribution in [0.1, 0.15) is 145 Å². The molecule has 0 aliphatic carbocycles. The molecule has 0 N–H and O–H groups in total. The van der Waals surface area contributed by atoms with Crippen LogP contribution in [-0.2, 0) is 45.8 Å². The van der Waals surface area contributed by atoms with Crippen molar-refractivity contribution in [1.82, 2.24) is 39.2 Å². The molecule has 146 heavy (non-hydrogen) atoms. The summed E-state index contributed by atoms with van der Waals surface area (Å²) in [5.41, 5.74) is 17.8. The van der Waals surface area contributed by atoms with Gasteiger partial charge in [0.05, 0.1) is 163 Å². The summed E-state index contributed by atoms with van der Waals surface area (Å²) in [5.74, 6) is 5.67. The maximum Gasteiger partial charge on any atom is 0.263 e. The molecule has 29 heteroatoms. The molecular weight excluding hydrogens is 1850 g/mol. The highest BCUT2D eigenvalue weighted by atomic mass is 16.5. The molecule has 29 nitrogen and oxygen atoms in total. The Labute approximate surface area is 852 Å². The first kappa shape index (κ1) is 101. The number of ether oxygens (including phenoxy) is 9. The minimum absolute atomic E-state index is 0.0926. The van der Waals surface area contributed by atoms with Gasteiger partial charge in [-0.3, -0.25) is 77.6 Å². The summed E-state index contributed by atoms with van der Waals surface area (Å²) in [7, 11) is 14.0. The van der Waals surface area contributed by atoms with Gasteiger partial charge in [-0.05, 0) is 161 Å². The molecule has 12 aromatic rings. The zero-order chi connectivity index (χ0) is 102. The van der Waals surface area contributed by atoms with E-state index in [1.807, 2.05) is 91.0 Å². The second-order valence-corrected chi connectivity index (χ2v) is 36.9. The minimum atomic E-state index is -0.293. The molecular formula is C117H122N12O17. The van der Waals surface area contributed by atoms with E-state index < -0.39 is 0 Å². The highest BCUT2D eigenvalue weighted by Crippen LogP contribution is 2.44. The maximum atomic E-state index is 13.6.